The second-order valence-corrected chi connectivity index (χ2v) is 8.27. The highest BCUT2D eigenvalue weighted by Crippen LogP contribution is 2.36. The number of rotatable bonds is 7. The fourth-order valence-electron chi connectivity index (χ4n) is 3.61. The summed E-state index contributed by atoms with van der Waals surface area (Å²) in [4.78, 5) is 29.2. The molecule has 0 radical (unpaired) electrons. The van der Waals surface area contributed by atoms with Crippen molar-refractivity contribution in [2.24, 2.45) is 0 Å². The third-order valence-electron chi connectivity index (χ3n) is 5.48. The molecule has 0 aliphatic carbocycles. The molecule has 0 saturated carbocycles. The zero-order valence-electron chi connectivity index (χ0n) is 18.3. The molecule has 1 saturated heterocycles. The standard InChI is InChI=1S/C23H25ClF3N3O3/c1-29-9-11-30(12-10-29)19-5-3-15(23(25,26)27)13-18(19)28-22(32)8-6-20(31)17-14-16(24)4-7-21(17)33-2/h3-5,7,13-14H,6,8-12H2,1-2H3,(H,28,32). The van der Waals surface area contributed by atoms with E-state index in [1.54, 1.807) is 12.1 Å². The van der Waals surface area contributed by atoms with Crippen LogP contribution in [0.1, 0.15) is 28.8 Å². The van der Waals surface area contributed by atoms with Crippen LogP contribution >= 0.6 is 11.6 Å². The minimum Gasteiger partial charge on any atom is -0.496 e. The minimum absolute atomic E-state index is 0.0761. The van der Waals surface area contributed by atoms with E-state index < -0.39 is 17.6 Å². The lowest BCUT2D eigenvalue weighted by atomic mass is 10.0. The number of methoxy groups -OCH3 is 1. The maximum Gasteiger partial charge on any atom is 0.416 e. The summed E-state index contributed by atoms with van der Waals surface area (Å²) < 4.78 is 45.0. The summed E-state index contributed by atoms with van der Waals surface area (Å²) in [6.07, 6.45) is -4.89. The fraction of sp³-hybridized carbons (Fsp3) is 0.391. The Balaban J connectivity index is 1.75. The Morgan fingerprint density at radius 1 is 1.06 bits per heavy atom. The van der Waals surface area contributed by atoms with Crippen molar-refractivity contribution in [2.45, 2.75) is 19.0 Å². The van der Waals surface area contributed by atoms with Crippen LogP contribution in [0.25, 0.3) is 0 Å². The van der Waals surface area contributed by atoms with Gasteiger partial charge in [-0.25, -0.2) is 0 Å². The summed E-state index contributed by atoms with van der Waals surface area (Å²) in [5, 5.41) is 2.93. The number of ether oxygens (including phenoxy) is 1. The zero-order chi connectivity index (χ0) is 24.2. The Bertz CT molecular complexity index is 1020. The molecule has 6 nitrogen and oxygen atoms in total. The number of ketones is 1. The number of hydrogen-bond acceptors (Lipinski definition) is 5. The van der Waals surface area contributed by atoms with E-state index in [0.29, 0.717) is 29.5 Å². The highest BCUT2D eigenvalue weighted by atomic mass is 35.5. The fourth-order valence-corrected chi connectivity index (χ4v) is 3.78. The molecule has 0 unspecified atom stereocenters. The van der Waals surface area contributed by atoms with Crippen molar-refractivity contribution in [3.63, 3.8) is 0 Å². The van der Waals surface area contributed by atoms with E-state index in [2.05, 4.69) is 10.2 Å². The van der Waals surface area contributed by atoms with Crippen LogP contribution in [0.5, 0.6) is 5.75 Å². The highest BCUT2D eigenvalue weighted by Gasteiger charge is 2.32. The van der Waals surface area contributed by atoms with Crippen LogP contribution in [0.15, 0.2) is 36.4 Å². The van der Waals surface area contributed by atoms with Crippen molar-refractivity contribution in [3.05, 3.63) is 52.5 Å². The highest BCUT2D eigenvalue weighted by molar-refractivity contribution is 6.31. The number of benzene rings is 2. The molecular weight excluding hydrogens is 459 g/mol. The monoisotopic (exact) mass is 483 g/mol. The van der Waals surface area contributed by atoms with Crippen molar-refractivity contribution in [2.75, 3.05) is 50.6 Å². The predicted octanol–water partition coefficient (Wildman–Crippen LogP) is 4.72. The summed E-state index contributed by atoms with van der Waals surface area (Å²) in [7, 11) is 3.39. The lowest BCUT2D eigenvalue weighted by Crippen LogP contribution is -2.44. The lowest BCUT2D eigenvalue weighted by molar-refractivity contribution is -0.137. The van der Waals surface area contributed by atoms with E-state index in [0.717, 1.165) is 25.2 Å². The largest absolute Gasteiger partial charge is 0.496 e. The van der Waals surface area contributed by atoms with Crippen LogP contribution in [0.3, 0.4) is 0 Å². The number of halogens is 4. The molecule has 0 atom stereocenters. The molecule has 1 aliphatic rings. The summed E-state index contributed by atoms with van der Waals surface area (Å²) in [5.74, 6) is -0.577. The van der Waals surface area contributed by atoms with Gasteiger partial charge in [0, 0.05) is 44.0 Å². The molecule has 2 aromatic rings. The zero-order valence-corrected chi connectivity index (χ0v) is 19.1. The molecule has 0 spiro atoms. The van der Waals surface area contributed by atoms with Gasteiger partial charge in [-0.1, -0.05) is 11.6 Å². The number of hydrogen-bond donors (Lipinski definition) is 1. The van der Waals surface area contributed by atoms with Crippen molar-refractivity contribution >= 4 is 34.7 Å². The molecule has 1 heterocycles. The second kappa shape index (κ2) is 10.4. The van der Waals surface area contributed by atoms with E-state index in [1.165, 1.54) is 19.2 Å². The van der Waals surface area contributed by atoms with Gasteiger partial charge in [-0.2, -0.15) is 13.2 Å². The van der Waals surface area contributed by atoms with E-state index in [1.807, 2.05) is 11.9 Å². The molecule has 1 amide bonds. The van der Waals surface area contributed by atoms with Crippen LogP contribution in [0, 0.1) is 0 Å². The summed E-state index contributed by atoms with van der Waals surface area (Å²) in [6, 6.07) is 7.92. The molecule has 1 fully saturated rings. The average Bonchev–Trinajstić information content (AvgIpc) is 2.77. The SMILES string of the molecule is COc1ccc(Cl)cc1C(=O)CCC(=O)Nc1cc(C(F)(F)F)ccc1N1CCN(C)CC1. The summed E-state index contributed by atoms with van der Waals surface area (Å²) >= 11 is 5.95. The Morgan fingerprint density at radius 2 is 1.76 bits per heavy atom. The van der Waals surface area contributed by atoms with Gasteiger partial charge in [0.1, 0.15) is 5.75 Å². The number of carbonyl (C=O) groups excluding carboxylic acids is 2. The molecule has 10 heteroatoms. The van der Waals surface area contributed by atoms with Gasteiger partial charge in [-0.3, -0.25) is 9.59 Å². The number of nitrogens with one attached hydrogen (secondary N) is 1. The molecule has 0 aromatic heterocycles. The van der Waals surface area contributed by atoms with E-state index in [4.69, 9.17) is 16.3 Å². The molecular formula is C23H25ClF3N3O3. The number of likely N-dealkylation sites (N-methyl/N-ethyl adjacent to an activating group) is 1. The van der Waals surface area contributed by atoms with E-state index in [-0.39, 0.29) is 29.9 Å². The van der Waals surface area contributed by atoms with Gasteiger partial charge >= 0.3 is 6.18 Å². The number of anilines is 2. The summed E-state index contributed by atoms with van der Waals surface area (Å²) in [5.41, 5.74) is -0.00939. The Morgan fingerprint density at radius 3 is 2.39 bits per heavy atom. The van der Waals surface area contributed by atoms with Crippen LogP contribution < -0.4 is 15.0 Å². The van der Waals surface area contributed by atoms with Crippen molar-refractivity contribution in [1.82, 2.24) is 4.90 Å². The number of carbonyl (C=O) groups is 2. The maximum absolute atomic E-state index is 13.3. The van der Waals surface area contributed by atoms with E-state index >= 15 is 0 Å². The topological polar surface area (TPSA) is 61.9 Å². The molecule has 178 valence electrons. The Labute approximate surface area is 195 Å². The molecule has 2 aromatic carbocycles. The Hall–Kier alpha value is -2.78. The van der Waals surface area contributed by atoms with Gasteiger partial charge in [0.05, 0.1) is 29.6 Å². The average molecular weight is 484 g/mol. The quantitative estimate of drug-likeness (QED) is 0.577. The number of alkyl halides is 3. The first-order valence-corrected chi connectivity index (χ1v) is 10.8. The van der Waals surface area contributed by atoms with Gasteiger partial charge in [0.25, 0.3) is 0 Å². The third kappa shape index (κ3) is 6.39. The maximum atomic E-state index is 13.3. The lowest BCUT2D eigenvalue weighted by Gasteiger charge is -2.35. The van der Waals surface area contributed by atoms with Crippen LogP contribution in [0.2, 0.25) is 5.02 Å². The molecule has 0 bridgehead atoms. The van der Waals surface area contributed by atoms with Gasteiger partial charge in [0.15, 0.2) is 5.78 Å². The van der Waals surface area contributed by atoms with Crippen LogP contribution in [0.4, 0.5) is 24.5 Å². The van der Waals surface area contributed by atoms with E-state index in [9.17, 15) is 22.8 Å². The first-order chi connectivity index (χ1) is 15.6. The number of nitrogens with zero attached hydrogens (tertiary/aromatic N) is 2. The number of piperazine rings is 1. The van der Waals surface area contributed by atoms with Crippen molar-refractivity contribution < 1.29 is 27.5 Å². The van der Waals surface area contributed by atoms with Crippen molar-refractivity contribution in [1.29, 1.82) is 0 Å². The minimum atomic E-state index is -4.54. The van der Waals surface area contributed by atoms with Gasteiger partial charge in [-0.05, 0) is 43.4 Å². The molecule has 1 aliphatic heterocycles. The second-order valence-electron chi connectivity index (χ2n) is 7.84. The van der Waals surface area contributed by atoms with Gasteiger partial charge in [0.2, 0.25) is 5.91 Å². The molecule has 3 rings (SSSR count). The number of amides is 1. The predicted molar refractivity (Wildman–Crippen MR) is 121 cm³/mol. The van der Waals surface area contributed by atoms with Crippen molar-refractivity contribution in [3.8, 4) is 5.75 Å². The number of Topliss-reactive ketones (excluding diaryl/α,β-unsaturated/α-hetero) is 1. The Kier molecular flexibility index (Phi) is 7.86. The third-order valence-corrected chi connectivity index (χ3v) is 5.72. The molecule has 33 heavy (non-hydrogen) atoms. The molecule has 1 N–H and O–H groups in total. The first kappa shape index (κ1) is 24.9. The summed E-state index contributed by atoms with van der Waals surface area (Å²) in [6.45, 7) is 2.75. The smallest absolute Gasteiger partial charge is 0.416 e. The van der Waals surface area contributed by atoms with Crippen LogP contribution in [-0.2, 0) is 11.0 Å². The normalized spacial score (nSPS) is 14.8. The van der Waals surface area contributed by atoms with Crippen LogP contribution in [-0.4, -0.2) is 56.9 Å². The first-order valence-electron chi connectivity index (χ1n) is 10.4. The van der Waals surface area contributed by atoms with Gasteiger partial charge < -0.3 is 19.9 Å². The van der Waals surface area contributed by atoms with Gasteiger partial charge in [-0.15, -0.1) is 0 Å².